The Kier molecular flexibility index (Phi) is 6.64. The minimum Gasteiger partial charge on any atom is -0.349 e. The van der Waals surface area contributed by atoms with Crippen LogP contribution < -0.4 is 5.32 Å². The first kappa shape index (κ1) is 19.9. The van der Waals surface area contributed by atoms with E-state index in [0.29, 0.717) is 25.9 Å². The second kappa shape index (κ2) is 9.36. The van der Waals surface area contributed by atoms with Crippen LogP contribution in [0.1, 0.15) is 42.5 Å². The minimum atomic E-state index is -0.0337. The standard InChI is InChI=1S/C24H28N2O2/c1-18-8-6-7-11-22(18)19(2)25-24(28)21-14-16-26(17-15-21)23(27)13-12-20-9-4-3-5-10-20/h3-13,19,21H,14-17H2,1-2H3,(H,25,28)/b13-12+. The quantitative estimate of drug-likeness (QED) is 0.798. The van der Waals surface area contributed by atoms with Gasteiger partial charge in [0.15, 0.2) is 0 Å². The highest BCUT2D eigenvalue weighted by atomic mass is 16.2. The zero-order valence-electron chi connectivity index (χ0n) is 16.6. The van der Waals surface area contributed by atoms with E-state index in [9.17, 15) is 9.59 Å². The maximum atomic E-state index is 12.7. The number of hydrogen-bond acceptors (Lipinski definition) is 2. The van der Waals surface area contributed by atoms with E-state index in [-0.39, 0.29) is 23.8 Å². The molecule has 0 spiro atoms. The van der Waals surface area contributed by atoms with Gasteiger partial charge in [-0.1, -0.05) is 54.6 Å². The second-order valence-electron chi connectivity index (χ2n) is 7.43. The van der Waals surface area contributed by atoms with Crippen molar-refractivity contribution in [1.29, 1.82) is 0 Å². The molecule has 1 unspecified atom stereocenters. The van der Waals surface area contributed by atoms with Gasteiger partial charge in [-0.05, 0) is 49.5 Å². The van der Waals surface area contributed by atoms with Crippen molar-refractivity contribution < 1.29 is 9.59 Å². The van der Waals surface area contributed by atoms with Gasteiger partial charge in [0.25, 0.3) is 0 Å². The number of piperidine rings is 1. The minimum absolute atomic E-state index is 0.0102. The first-order chi connectivity index (χ1) is 13.5. The van der Waals surface area contributed by atoms with Crippen LogP contribution in [-0.4, -0.2) is 29.8 Å². The summed E-state index contributed by atoms with van der Waals surface area (Å²) in [5.74, 6) is 0.0623. The van der Waals surface area contributed by atoms with Crippen molar-refractivity contribution in [3.63, 3.8) is 0 Å². The zero-order valence-corrected chi connectivity index (χ0v) is 16.6. The average molecular weight is 377 g/mol. The van der Waals surface area contributed by atoms with Crippen LogP contribution in [0.4, 0.5) is 0 Å². The predicted molar refractivity (Wildman–Crippen MR) is 113 cm³/mol. The number of hydrogen-bond donors (Lipinski definition) is 1. The summed E-state index contributed by atoms with van der Waals surface area (Å²) < 4.78 is 0. The molecule has 28 heavy (non-hydrogen) atoms. The summed E-state index contributed by atoms with van der Waals surface area (Å²) in [7, 11) is 0. The Labute approximate surface area is 167 Å². The monoisotopic (exact) mass is 376 g/mol. The molecule has 1 heterocycles. The molecule has 0 saturated carbocycles. The predicted octanol–water partition coefficient (Wildman–Crippen LogP) is 4.12. The molecule has 1 N–H and O–H groups in total. The molecule has 4 nitrogen and oxygen atoms in total. The van der Waals surface area contributed by atoms with Gasteiger partial charge in [-0.3, -0.25) is 9.59 Å². The molecule has 1 saturated heterocycles. The number of amides is 2. The fourth-order valence-electron chi connectivity index (χ4n) is 3.68. The number of rotatable bonds is 5. The van der Waals surface area contributed by atoms with Crippen LogP contribution in [0, 0.1) is 12.8 Å². The number of carbonyl (C=O) groups is 2. The molecule has 2 aromatic rings. The molecule has 146 valence electrons. The van der Waals surface area contributed by atoms with Gasteiger partial charge in [0.1, 0.15) is 0 Å². The van der Waals surface area contributed by atoms with Crippen molar-refractivity contribution in [2.75, 3.05) is 13.1 Å². The normalized spacial score (nSPS) is 16.1. The first-order valence-corrected chi connectivity index (χ1v) is 9.92. The van der Waals surface area contributed by atoms with E-state index in [1.807, 2.05) is 60.4 Å². The Morgan fingerprint density at radius 1 is 1.04 bits per heavy atom. The third-order valence-electron chi connectivity index (χ3n) is 5.41. The maximum Gasteiger partial charge on any atom is 0.246 e. The van der Waals surface area contributed by atoms with Gasteiger partial charge in [-0.2, -0.15) is 0 Å². The molecule has 1 atom stereocenters. The van der Waals surface area contributed by atoms with Crippen molar-refractivity contribution in [3.8, 4) is 0 Å². The molecule has 0 bridgehead atoms. The summed E-state index contributed by atoms with van der Waals surface area (Å²) in [5.41, 5.74) is 3.34. The molecule has 3 rings (SSSR count). The van der Waals surface area contributed by atoms with Crippen LogP contribution in [0.5, 0.6) is 0 Å². The van der Waals surface area contributed by atoms with Crippen molar-refractivity contribution >= 4 is 17.9 Å². The number of aryl methyl sites for hydroxylation is 1. The summed E-state index contributed by atoms with van der Waals surface area (Å²) in [6.07, 6.45) is 4.87. The summed E-state index contributed by atoms with van der Waals surface area (Å²) >= 11 is 0. The molecule has 0 radical (unpaired) electrons. The van der Waals surface area contributed by atoms with E-state index in [1.165, 1.54) is 5.56 Å². The van der Waals surface area contributed by atoms with Crippen LogP contribution in [-0.2, 0) is 9.59 Å². The number of benzene rings is 2. The van der Waals surface area contributed by atoms with Crippen molar-refractivity contribution in [3.05, 3.63) is 77.4 Å². The van der Waals surface area contributed by atoms with Gasteiger partial charge in [0.05, 0.1) is 6.04 Å². The Balaban J connectivity index is 1.49. The fourth-order valence-corrected chi connectivity index (χ4v) is 3.68. The van der Waals surface area contributed by atoms with Crippen molar-refractivity contribution in [1.82, 2.24) is 10.2 Å². The van der Waals surface area contributed by atoms with E-state index in [2.05, 4.69) is 24.4 Å². The Morgan fingerprint density at radius 2 is 1.68 bits per heavy atom. The lowest BCUT2D eigenvalue weighted by atomic mass is 9.94. The smallest absolute Gasteiger partial charge is 0.246 e. The Bertz CT molecular complexity index is 837. The van der Waals surface area contributed by atoms with E-state index < -0.39 is 0 Å². The highest BCUT2D eigenvalue weighted by molar-refractivity contribution is 5.92. The van der Waals surface area contributed by atoms with E-state index in [0.717, 1.165) is 11.1 Å². The van der Waals surface area contributed by atoms with Gasteiger partial charge in [0.2, 0.25) is 11.8 Å². The van der Waals surface area contributed by atoms with Gasteiger partial charge in [-0.25, -0.2) is 0 Å². The molecule has 1 fully saturated rings. The Morgan fingerprint density at radius 3 is 2.36 bits per heavy atom. The lowest BCUT2D eigenvalue weighted by Gasteiger charge is -2.31. The molecule has 1 aliphatic rings. The summed E-state index contributed by atoms with van der Waals surface area (Å²) in [4.78, 5) is 26.9. The van der Waals surface area contributed by atoms with Crippen LogP contribution in [0.2, 0.25) is 0 Å². The lowest BCUT2D eigenvalue weighted by Crippen LogP contribution is -2.43. The van der Waals surface area contributed by atoms with Gasteiger partial charge >= 0.3 is 0 Å². The summed E-state index contributed by atoms with van der Waals surface area (Å²) in [6.45, 7) is 5.32. The third-order valence-corrected chi connectivity index (χ3v) is 5.41. The van der Waals surface area contributed by atoms with E-state index in [1.54, 1.807) is 6.08 Å². The summed E-state index contributed by atoms with van der Waals surface area (Å²) in [5, 5.41) is 3.14. The molecular formula is C24H28N2O2. The number of carbonyl (C=O) groups excluding carboxylic acids is 2. The highest BCUT2D eigenvalue weighted by Crippen LogP contribution is 2.21. The van der Waals surface area contributed by atoms with Crippen molar-refractivity contribution in [2.24, 2.45) is 5.92 Å². The summed E-state index contributed by atoms with van der Waals surface area (Å²) in [6, 6.07) is 17.9. The fraction of sp³-hybridized carbons (Fsp3) is 0.333. The zero-order chi connectivity index (χ0) is 19.9. The number of likely N-dealkylation sites (tertiary alicyclic amines) is 1. The SMILES string of the molecule is Cc1ccccc1C(C)NC(=O)C1CCN(C(=O)/C=C/c2ccccc2)CC1. The first-order valence-electron chi connectivity index (χ1n) is 9.92. The van der Waals surface area contributed by atoms with Crippen LogP contribution >= 0.6 is 0 Å². The topological polar surface area (TPSA) is 49.4 Å². The lowest BCUT2D eigenvalue weighted by molar-refractivity contribution is -0.132. The maximum absolute atomic E-state index is 12.7. The second-order valence-corrected chi connectivity index (χ2v) is 7.43. The van der Waals surface area contributed by atoms with Gasteiger partial charge < -0.3 is 10.2 Å². The van der Waals surface area contributed by atoms with Crippen molar-refractivity contribution in [2.45, 2.75) is 32.7 Å². The highest BCUT2D eigenvalue weighted by Gasteiger charge is 2.27. The molecule has 4 heteroatoms. The van der Waals surface area contributed by atoms with Crippen LogP contribution in [0.25, 0.3) is 6.08 Å². The largest absolute Gasteiger partial charge is 0.349 e. The van der Waals surface area contributed by atoms with E-state index >= 15 is 0 Å². The molecule has 2 amide bonds. The Hall–Kier alpha value is -2.88. The average Bonchev–Trinajstić information content (AvgIpc) is 2.73. The number of nitrogens with one attached hydrogen (secondary N) is 1. The van der Waals surface area contributed by atoms with E-state index in [4.69, 9.17) is 0 Å². The third kappa shape index (κ3) is 5.10. The molecule has 0 aliphatic carbocycles. The molecule has 0 aromatic heterocycles. The van der Waals surface area contributed by atoms with Gasteiger partial charge in [0, 0.05) is 25.1 Å². The molecule has 1 aliphatic heterocycles. The van der Waals surface area contributed by atoms with Gasteiger partial charge in [-0.15, -0.1) is 0 Å². The van der Waals surface area contributed by atoms with Crippen LogP contribution in [0.3, 0.4) is 0 Å². The molecule has 2 aromatic carbocycles. The number of nitrogens with zero attached hydrogens (tertiary/aromatic N) is 1. The molecular weight excluding hydrogens is 348 g/mol. The van der Waals surface area contributed by atoms with Crippen LogP contribution in [0.15, 0.2) is 60.7 Å².